The maximum absolute atomic E-state index is 12.1. The zero-order valence-corrected chi connectivity index (χ0v) is 14.9. The van der Waals surface area contributed by atoms with Crippen molar-refractivity contribution in [3.05, 3.63) is 46.0 Å². The van der Waals surface area contributed by atoms with Crippen LogP contribution in [0.1, 0.15) is 26.5 Å². The number of benzene rings is 1. The van der Waals surface area contributed by atoms with Gasteiger partial charge in [0.15, 0.2) is 4.34 Å². The lowest BCUT2D eigenvalue weighted by molar-refractivity contribution is 0.102. The molecule has 1 amide bonds. The molecule has 0 aliphatic carbocycles. The van der Waals surface area contributed by atoms with Gasteiger partial charge in [0.2, 0.25) is 5.13 Å². The van der Waals surface area contributed by atoms with Crippen molar-refractivity contribution < 1.29 is 4.79 Å². The molecule has 0 fully saturated rings. The fourth-order valence-corrected chi connectivity index (χ4v) is 4.00. The van der Waals surface area contributed by atoms with E-state index in [0.717, 1.165) is 21.6 Å². The fourth-order valence-electron chi connectivity index (χ4n) is 1.74. The molecule has 1 N–H and O–H groups in total. The number of amides is 1. The molecule has 2 aromatic heterocycles. The number of nitrogens with one attached hydrogen (secondary N) is 1. The molecule has 23 heavy (non-hydrogen) atoms. The van der Waals surface area contributed by atoms with Crippen molar-refractivity contribution in [1.29, 1.82) is 0 Å². The van der Waals surface area contributed by atoms with Gasteiger partial charge in [0.05, 0.1) is 5.69 Å². The molecule has 6 nitrogen and oxygen atoms in total. The summed E-state index contributed by atoms with van der Waals surface area (Å²) in [5.74, 6) is 0.574. The third kappa shape index (κ3) is 4.12. The summed E-state index contributed by atoms with van der Waals surface area (Å²) in [6.45, 7) is 3.82. The molecular weight excluding hydrogens is 350 g/mol. The first kappa shape index (κ1) is 16.0. The van der Waals surface area contributed by atoms with Gasteiger partial charge in [-0.2, -0.15) is 0 Å². The number of aryl methyl sites for hydroxylation is 2. The largest absolute Gasteiger partial charge is 0.296 e. The normalized spacial score (nSPS) is 10.7. The number of carbonyl (C=O) groups is 1. The van der Waals surface area contributed by atoms with Crippen molar-refractivity contribution in [1.82, 2.24) is 19.8 Å². The smallest absolute Gasteiger partial charge is 0.271 e. The highest BCUT2D eigenvalue weighted by atomic mass is 32.2. The number of carbonyl (C=O) groups excluding carboxylic acids is 1. The molecule has 0 spiro atoms. The van der Waals surface area contributed by atoms with Crippen molar-refractivity contribution in [2.75, 3.05) is 5.32 Å². The Morgan fingerprint density at radius 1 is 1.17 bits per heavy atom. The highest BCUT2D eigenvalue weighted by molar-refractivity contribution is 8.00. The van der Waals surface area contributed by atoms with E-state index in [1.165, 1.54) is 22.5 Å². The maximum Gasteiger partial charge on any atom is 0.271 e. The van der Waals surface area contributed by atoms with Crippen LogP contribution in [0.15, 0.2) is 28.6 Å². The minimum atomic E-state index is -0.247. The van der Waals surface area contributed by atoms with E-state index in [2.05, 4.69) is 56.3 Å². The van der Waals surface area contributed by atoms with Crippen LogP contribution in [0.4, 0.5) is 5.13 Å². The van der Waals surface area contributed by atoms with Crippen molar-refractivity contribution >= 4 is 45.7 Å². The van der Waals surface area contributed by atoms with Gasteiger partial charge >= 0.3 is 0 Å². The molecule has 0 unspecified atom stereocenters. The molecule has 0 bridgehead atoms. The predicted molar refractivity (Wildman–Crippen MR) is 93.2 cm³/mol. The second-order valence-electron chi connectivity index (χ2n) is 4.79. The first-order valence-electron chi connectivity index (χ1n) is 6.74. The Morgan fingerprint density at radius 2 is 1.96 bits per heavy atom. The molecule has 0 radical (unpaired) electrons. The Kier molecular flexibility index (Phi) is 4.99. The van der Waals surface area contributed by atoms with Gasteiger partial charge in [-0.3, -0.25) is 10.1 Å². The van der Waals surface area contributed by atoms with Crippen LogP contribution < -0.4 is 5.32 Å². The molecule has 0 aliphatic heterocycles. The number of anilines is 1. The summed E-state index contributed by atoms with van der Waals surface area (Å²) in [4.78, 5) is 12.6. The summed E-state index contributed by atoms with van der Waals surface area (Å²) in [5.41, 5.74) is 3.09. The summed E-state index contributed by atoms with van der Waals surface area (Å²) in [7, 11) is 0. The van der Waals surface area contributed by atoms with E-state index in [0.29, 0.717) is 15.7 Å². The Bertz CT molecular complexity index is 812. The summed E-state index contributed by atoms with van der Waals surface area (Å²) >= 11 is 4.03. The Balaban J connectivity index is 1.58. The molecule has 9 heteroatoms. The van der Waals surface area contributed by atoms with Crippen LogP contribution in [-0.2, 0) is 5.75 Å². The summed E-state index contributed by atoms with van der Waals surface area (Å²) in [6.07, 6.45) is 0. The average molecular weight is 363 g/mol. The molecule has 0 aliphatic rings. The fraction of sp³-hybridized carbons (Fsp3) is 0.214. The molecule has 1 aromatic carbocycles. The maximum atomic E-state index is 12.1. The molecule has 2 heterocycles. The third-order valence-electron chi connectivity index (χ3n) is 2.97. The van der Waals surface area contributed by atoms with E-state index in [1.54, 1.807) is 18.7 Å². The van der Waals surface area contributed by atoms with Gasteiger partial charge < -0.3 is 0 Å². The lowest BCUT2D eigenvalue weighted by Crippen LogP contribution is -2.11. The number of nitrogens with zero attached hydrogens (tertiary/aromatic N) is 4. The Morgan fingerprint density at radius 3 is 2.65 bits per heavy atom. The van der Waals surface area contributed by atoms with Gasteiger partial charge in [-0.1, -0.05) is 57.4 Å². The van der Waals surface area contributed by atoms with Gasteiger partial charge in [0, 0.05) is 5.75 Å². The van der Waals surface area contributed by atoms with Crippen LogP contribution >= 0.6 is 34.6 Å². The van der Waals surface area contributed by atoms with Crippen LogP contribution in [0.5, 0.6) is 0 Å². The third-order valence-corrected chi connectivity index (χ3v) is 5.84. The number of rotatable bonds is 5. The van der Waals surface area contributed by atoms with E-state index < -0.39 is 0 Å². The van der Waals surface area contributed by atoms with E-state index in [-0.39, 0.29) is 5.91 Å². The van der Waals surface area contributed by atoms with Crippen LogP contribution in [0.3, 0.4) is 0 Å². The molecule has 3 aromatic rings. The standard InChI is InChI=1S/C14H13N5OS3/c1-8-3-5-10(6-4-8)7-21-14-18-17-13(22-14)15-12(20)11-9(2)16-19-23-11/h3-6H,7H2,1-2H3,(H,15,17,20). The molecular formula is C14H13N5OS3. The van der Waals surface area contributed by atoms with Gasteiger partial charge in [-0.05, 0) is 30.9 Å². The SMILES string of the molecule is Cc1ccc(CSc2nnc(NC(=O)c3snnc3C)s2)cc1. The molecule has 3 rings (SSSR count). The minimum Gasteiger partial charge on any atom is -0.296 e. The predicted octanol–water partition coefficient (Wildman–Crippen LogP) is 3.55. The molecule has 118 valence electrons. The van der Waals surface area contributed by atoms with Crippen molar-refractivity contribution in [3.63, 3.8) is 0 Å². The van der Waals surface area contributed by atoms with Crippen LogP contribution in [0, 0.1) is 13.8 Å². The van der Waals surface area contributed by atoms with Crippen molar-refractivity contribution in [2.24, 2.45) is 0 Å². The number of hydrogen-bond donors (Lipinski definition) is 1. The van der Waals surface area contributed by atoms with Gasteiger partial charge in [-0.25, -0.2) is 0 Å². The number of hydrogen-bond acceptors (Lipinski definition) is 8. The second-order valence-corrected chi connectivity index (χ2v) is 7.74. The summed E-state index contributed by atoms with van der Waals surface area (Å²) < 4.78 is 4.57. The van der Waals surface area contributed by atoms with E-state index in [1.807, 2.05) is 0 Å². The van der Waals surface area contributed by atoms with Crippen LogP contribution in [0.25, 0.3) is 0 Å². The van der Waals surface area contributed by atoms with Gasteiger partial charge in [0.1, 0.15) is 4.88 Å². The molecule has 0 saturated heterocycles. The van der Waals surface area contributed by atoms with E-state index in [9.17, 15) is 4.79 Å². The van der Waals surface area contributed by atoms with E-state index >= 15 is 0 Å². The molecule has 0 saturated carbocycles. The number of thioether (sulfide) groups is 1. The summed E-state index contributed by atoms with van der Waals surface area (Å²) in [6, 6.07) is 8.39. The van der Waals surface area contributed by atoms with Crippen LogP contribution in [0.2, 0.25) is 0 Å². The first-order valence-corrected chi connectivity index (χ1v) is 9.31. The Labute approximate surface area is 145 Å². The number of aromatic nitrogens is 4. The minimum absolute atomic E-state index is 0.247. The van der Waals surface area contributed by atoms with Gasteiger partial charge in [0.25, 0.3) is 5.91 Å². The topological polar surface area (TPSA) is 80.7 Å². The summed E-state index contributed by atoms with van der Waals surface area (Å²) in [5, 5.41) is 15.1. The van der Waals surface area contributed by atoms with Crippen molar-refractivity contribution in [2.45, 2.75) is 23.9 Å². The second kappa shape index (κ2) is 7.16. The quantitative estimate of drug-likeness (QED) is 0.551. The highest BCUT2D eigenvalue weighted by Crippen LogP contribution is 2.28. The van der Waals surface area contributed by atoms with Crippen LogP contribution in [-0.4, -0.2) is 25.7 Å². The Hall–Kier alpha value is -1.84. The van der Waals surface area contributed by atoms with Crippen molar-refractivity contribution in [3.8, 4) is 0 Å². The first-order chi connectivity index (χ1) is 11.1. The lowest BCUT2D eigenvalue weighted by Gasteiger charge is -1.99. The zero-order chi connectivity index (χ0) is 16.2. The zero-order valence-electron chi connectivity index (χ0n) is 12.4. The lowest BCUT2D eigenvalue weighted by atomic mass is 10.2. The monoisotopic (exact) mass is 363 g/mol. The molecule has 0 atom stereocenters. The van der Waals surface area contributed by atoms with Gasteiger partial charge in [-0.15, -0.1) is 15.3 Å². The van der Waals surface area contributed by atoms with E-state index in [4.69, 9.17) is 0 Å². The highest BCUT2D eigenvalue weighted by Gasteiger charge is 2.15. The average Bonchev–Trinajstić information content (AvgIpc) is 3.15.